The van der Waals surface area contributed by atoms with E-state index in [1.807, 2.05) is 13.8 Å². The molecule has 0 radical (unpaired) electrons. The lowest BCUT2D eigenvalue weighted by Gasteiger charge is -2.23. The number of sulfonamides is 1. The summed E-state index contributed by atoms with van der Waals surface area (Å²) < 4.78 is 40.3. The minimum absolute atomic E-state index is 0.154. The van der Waals surface area contributed by atoms with Crippen LogP contribution in [0.25, 0.3) is 0 Å². The molecule has 20 heavy (non-hydrogen) atoms. The highest BCUT2D eigenvalue weighted by molar-refractivity contribution is 7.89. The van der Waals surface area contributed by atoms with Crippen molar-refractivity contribution in [3.05, 3.63) is 29.6 Å². The van der Waals surface area contributed by atoms with Crippen molar-refractivity contribution in [3.8, 4) is 0 Å². The van der Waals surface area contributed by atoms with Gasteiger partial charge in [0.1, 0.15) is 10.7 Å². The van der Waals surface area contributed by atoms with Crippen molar-refractivity contribution in [2.75, 3.05) is 13.1 Å². The van der Waals surface area contributed by atoms with Crippen LogP contribution in [0.3, 0.4) is 0 Å². The third kappa shape index (κ3) is 3.93. The third-order valence-electron chi connectivity index (χ3n) is 3.33. The van der Waals surface area contributed by atoms with Gasteiger partial charge in [0.2, 0.25) is 10.0 Å². The molecule has 0 aliphatic rings. The molecule has 0 bridgehead atoms. The van der Waals surface area contributed by atoms with Crippen LogP contribution in [0, 0.1) is 11.7 Å². The van der Waals surface area contributed by atoms with E-state index in [-0.39, 0.29) is 16.7 Å². The maximum Gasteiger partial charge on any atom is 0.245 e. The maximum absolute atomic E-state index is 14.0. The van der Waals surface area contributed by atoms with E-state index < -0.39 is 15.8 Å². The normalized spacial score (nSPS) is 13.7. The molecule has 3 nitrogen and oxygen atoms in total. The zero-order valence-electron chi connectivity index (χ0n) is 12.1. The van der Waals surface area contributed by atoms with E-state index in [0.29, 0.717) is 18.7 Å². The molecule has 0 heterocycles. The third-order valence-corrected chi connectivity index (χ3v) is 5.62. The van der Waals surface area contributed by atoms with E-state index in [1.54, 1.807) is 13.0 Å². The summed E-state index contributed by atoms with van der Waals surface area (Å²) in [6.45, 7) is 6.45. The molecule has 0 amide bonds. The Hall–Kier alpha value is -0.650. The Morgan fingerprint density at radius 1 is 1.35 bits per heavy atom. The Morgan fingerprint density at radius 2 is 2.00 bits per heavy atom. The van der Waals surface area contributed by atoms with Crippen LogP contribution in [0.4, 0.5) is 4.39 Å². The Balaban J connectivity index is 3.14. The zero-order chi connectivity index (χ0) is 15.3. The number of hydrogen-bond donors (Lipinski definition) is 0. The van der Waals surface area contributed by atoms with E-state index in [2.05, 4.69) is 0 Å². The highest BCUT2D eigenvalue weighted by atomic mass is 35.5. The lowest BCUT2D eigenvalue weighted by molar-refractivity contribution is 0.360. The molecule has 1 aromatic carbocycles. The van der Waals surface area contributed by atoms with Crippen molar-refractivity contribution in [1.29, 1.82) is 0 Å². The first-order chi connectivity index (χ1) is 9.36. The van der Waals surface area contributed by atoms with Crippen molar-refractivity contribution >= 4 is 21.6 Å². The van der Waals surface area contributed by atoms with Gasteiger partial charge >= 0.3 is 0 Å². The molecule has 0 saturated carbocycles. The van der Waals surface area contributed by atoms with Gasteiger partial charge in [-0.25, -0.2) is 12.8 Å². The summed E-state index contributed by atoms with van der Waals surface area (Å²) in [7, 11) is -3.80. The number of halogens is 2. The molecule has 6 heteroatoms. The van der Waals surface area contributed by atoms with Gasteiger partial charge in [-0.1, -0.05) is 33.3 Å². The predicted octanol–water partition coefficient (Wildman–Crippen LogP) is 3.62. The smallest absolute Gasteiger partial charge is 0.207 e. The van der Waals surface area contributed by atoms with Crippen molar-refractivity contribution in [2.45, 2.75) is 38.0 Å². The quantitative estimate of drug-likeness (QED) is 0.719. The fourth-order valence-corrected chi connectivity index (χ4v) is 3.63. The van der Waals surface area contributed by atoms with Crippen LogP contribution in [0.1, 0.15) is 32.8 Å². The van der Waals surface area contributed by atoms with Gasteiger partial charge in [0, 0.05) is 19.0 Å². The van der Waals surface area contributed by atoms with Crippen LogP contribution in [0.2, 0.25) is 0 Å². The molecular weight excluding hydrogens is 301 g/mol. The molecule has 1 atom stereocenters. The molecule has 1 unspecified atom stereocenters. The number of hydrogen-bond acceptors (Lipinski definition) is 2. The first kappa shape index (κ1) is 17.4. The fourth-order valence-electron chi connectivity index (χ4n) is 1.85. The van der Waals surface area contributed by atoms with Crippen LogP contribution in [0.5, 0.6) is 0 Å². The highest BCUT2D eigenvalue weighted by Gasteiger charge is 2.27. The van der Waals surface area contributed by atoms with E-state index in [9.17, 15) is 12.8 Å². The van der Waals surface area contributed by atoms with Crippen LogP contribution >= 0.6 is 11.6 Å². The van der Waals surface area contributed by atoms with Gasteiger partial charge in [-0.3, -0.25) is 0 Å². The van der Waals surface area contributed by atoms with Gasteiger partial charge in [-0.05, 0) is 23.6 Å². The number of rotatable bonds is 7. The maximum atomic E-state index is 14.0. The van der Waals surface area contributed by atoms with Gasteiger partial charge in [-0.15, -0.1) is 11.6 Å². The molecule has 0 saturated heterocycles. The SMILES string of the molecule is CCC(C)CN(CC)S(=O)(=O)c1ccc(CCl)cc1F. The number of nitrogens with zero attached hydrogens (tertiary/aromatic N) is 1. The summed E-state index contributed by atoms with van der Waals surface area (Å²) >= 11 is 5.62. The monoisotopic (exact) mass is 321 g/mol. The molecule has 0 spiro atoms. The summed E-state index contributed by atoms with van der Waals surface area (Å²) in [4.78, 5) is -0.281. The minimum atomic E-state index is -3.80. The van der Waals surface area contributed by atoms with Crippen molar-refractivity contribution < 1.29 is 12.8 Å². The van der Waals surface area contributed by atoms with Crippen LogP contribution < -0.4 is 0 Å². The Labute approximate surface area is 125 Å². The molecule has 1 rings (SSSR count). The average molecular weight is 322 g/mol. The second-order valence-electron chi connectivity index (χ2n) is 4.87. The lowest BCUT2D eigenvalue weighted by atomic mass is 10.1. The molecule has 0 aliphatic heterocycles. The summed E-state index contributed by atoms with van der Waals surface area (Å²) in [5.41, 5.74) is 0.563. The standard InChI is InChI=1S/C14H21ClFNO2S/c1-4-11(3)10-17(5-2)20(18,19)14-7-6-12(9-15)8-13(14)16/h6-8,11H,4-5,9-10H2,1-3H3. The second kappa shape index (κ2) is 7.38. The summed E-state index contributed by atoms with van der Waals surface area (Å²) in [5.74, 6) is -0.359. The van der Waals surface area contributed by atoms with Gasteiger partial charge in [-0.2, -0.15) is 4.31 Å². The molecule has 0 fully saturated rings. The van der Waals surface area contributed by atoms with Gasteiger partial charge in [0.15, 0.2) is 0 Å². The number of benzene rings is 1. The fraction of sp³-hybridized carbons (Fsp3) is 0.571. The van der Waals surface area contributed by atoms with Crippen molar-refractivity contribution in [3.63, 3.8) is 0 Å². The summed E-state index contributed by atoms with van der Waals surface area (Å²) in [6, 6.07) is 4.01. The van der Waals surface area contributed by atoms with Crippen LogP contribution in [-0.2, 0) is 15.9 Å². The highest BCUT2D eigenvalue weighted by Crippen LogP contribution is 2.22. The van der Waals surface area contributed by atoms with Crippen LogP contribution in [-0.4, -0.2) is 25.8 Å². The van der Waals surface area contributed by atoms with Crippen molar-refractivity contribution in [2.24, 2.45) is 5.92 Å². The van der Waals surface area contributed by atoms with E-state index >= 15 is 0 Å². The van der Waals surface area contributed by atoms with Crippen molar-refractivity contribution in [1.82, 2.24) is 4.31 Å². The van der Waals surface area contributed by atoms with Gasteiger partial charge in [0.05, 0.1) is 0 Å². The zero-order valence-corrected chi connectivity index (χ0v) is 13.6. The summed E-state index contributed by atoms with van der Waals surface area (Å²) in [5, 5.41) is 0. The summed E-state index contributed by atoms with van der Waals surface area (Å²) in [6.07, 6.45) is 0.875. The Morgan fingerprint density at radius 3 is 2.45 bits per heavy atom. The molecule has 114 valence electrons. The molecular formula is C14H21ClFNO2S. The van der Waals surface area contributed by atoms with E-state index in [1.165, 1.54) is 16.4 Å². The first-order valence-electron chi connectivity index (χ1n) is 6.71. The predicted molar refractivity (Wildman–Crippen MR) is 79.8 cm³/mol. The largest absolute Gasteiger partial charge is 0.245 e. The van der Waals surface area contributed by atoms with E-state index in [4.69, 9.17) is 11.6 Å². The molecule has 1 aromatic rings. The molecule has 0 aliphatic carbocycles. The topological polar surface area (TPSA) is 37.4 Å². The lowest BCUT2D eigenvalue weighted by Crippen LogP contribution is -2.35. The number of alkyl halides is 1. The van der Waals surface area contributed by atoms with Crippen LogP contribution in [0.15, 0.2) is 23.1 Å². The first-order valence-corrected chi connectivity index (χ1v) is 8.68. The van der Waals surface area contributed by atoms with Gasteiger partial charge in [0.25, 0.3) is 0 Å². The second-order valence-corrected chi connectivity index (χ2v) is 7.04. The average Bonchev–Trinajstić information content (AvgIpc) is 2.43. The molecule has 0 N–H and O–H groups in total. The Kier molecular flexibility index (Phi) is 6.43. The Bertz CT molecular complexity index is 548. The minimum Gasteiger partial charge on any atom is -0.207 e. The molecule has 0 aromatic heterocycles. The van der Waals surface area contributed by atoms with Gasteiger partial charge < -0.3 is 0 Å². The van der Waals surface area contributed by atoms with E-state index in [0.717, 1.165) is 6.42 Å².